The third kappa shape index (κ3) is 5.29. The number of hydrogen-bond acceptors (Lipinski definition) is 6. The SMILES string of the molecule is CCCCC(=O)OC1C[C@@H](CCC(=O)Nc2ncc(C)s2)C2C3CCc4cc(O)ccc4C3CC[C@]12C. The summed E-state index contributed by atoms with van der Waals surface area (Å²) in [5, 5.41) is 13.7. The highest BCUT2D eigenvalue weighted by Gasteiger charge is 2.59. The number of rotatable bonds is 8. The van der Waals surface area contributed by atoms with Crippen LogP contribution in [0, 0.1) is 30.1 Å². The van der Waals surface area contributed by atoms with Gasteiger partial charge >= 0.3 is 5.97 Å². The fourth-order valence-corrected chi connectivity index (χ4v) is 8.41. The zero-order valence-electron chi connectivity index (χ0n) is 22.3. The number of nitrogens with zero attached hydrogens (tertiary/aromatic N) is 1. The number of amides is 1. The van der Waals surface area contributed by atoms with Crippen LogP contribution in [0.5, 0.6) is 5.75 Å². The predicted molar refractivity (Wildman–Crippen MR) is 146 cm³/mol. The number of anilines is 1. The Labute approximate surface area is 224 Å². The number of carbonyl (C=O) groups excluding carboxylic acids is 2. The molecule has 6 atom stereocenters. The lowest BCUT2D eigenvalue weighted by Crippen LogP contribution is -2.46. The van der Waals surface area contributed by atoms with E-state index in [1.165, 1.54) is 22.5 Å². The minimum absolute atomic E-state index is 0.0104. The molecule has 0 spiro atoms. The quantitative estimate of drug-likeness (QED) is 0.373. The number of nitrogens with one attached hydrogen (secondary N) is 1. The van der Waals surface area contributed by atoms with Gasteiger partial charge in [-0.25, -0.2) is 4.98 Å². The maximum absolute atomic E-state index is 12.8. The van der Waals surface area contributed by atoms with Crippen LogP contribution in [0.4, 0.5) is 5.13 Å². The summed E-state index contributed by atoms with van der Waals surface area (Å²) < 4.78 is 6.21. The van der Waals surface area contributed by atoms with Crippen LogP contribution in [0.15, 0.2) is 24.4 Å². The Morgan fingerprint density at radius 1 is 1.27 bits per heavy atom. The molecule has 37 heavy (non-hydrogen) atoms. The largest absolute Gasteiger partial charge is 0.508 e. The molecule has 2 aromatic rings. The highest BCUT2D eigenvalue weighted by molar-refractivity contribution is 7.15. The first-order valence-corrected chi connectivity index (χ1v) is 14.8. The molecule has 1 heterocycles. The molecule has 1 aromatic heterocycles. The van der Waals surface area contributed by atoms with Crippen LogP contribution in [0.3, 0.4) is 0 Å². The second kappa shape index (κ2) is 10.8. The summed E-state index contributed by atoms with van der Waals surface area (Å²) in [5.74, 6) is 2.00. The van der Waals surface area contributed by atoms with Gasteiger partial charge in [-0.2, -0.15) is 0 Å². The van der Waals surface area contributed by atoms with E-state index in [-0.39, 0.29) is 23.4 Å². The highest BCUT2D eigenvalue weighted by atomic mass is 32.1. The Kier molecular flexibility index (Phi) is 7.62. The number of aromatic hydroxyl groups is 1. The van der Waals surface area contributed by atoms with Crippen molar-refractivity contribution in [1.82, 2.24) is 4.98 Å². The molecular weight excluding hydrogens is 484 g/mol. The second-order valence-corrected chi connectivity index (χ2v) is 12.9. The van der Waals surface area contributed by atoms with Crippen molar-refractivity contribution in [3.63, 3.8) is 0 Å². The molecule has 3 aliphatic carbocycles. The number of aryl methyl sites for hydroxylation is 2. The topological polar surface area (TPSA) is 88.5 Å². The lowest BCUT2D eigenvalue weighted by Gasteiger charge is -2.51. The molecule has 0 radical (unpaired) electrons. The van der Waals surface area contributed by atoms with Crippen molar-refractivity contribution in [2.75, 3.05) is 5.32 Å². The molecular formula is C30H40N2O4S. The van der Waals surface area contributed by atoms with Gasteiger partial charge < -0.3 is 15.2 Å². The summed E-state index contributed by atoms with van der Waals surface area (Å²) in [6.45, 7) is 6.42. The fraction of sp³-hybridized carbons (Fsp3) is 0.633. The van der Waals surface area contributed by atoms with Gasteiger partial charge in [-0.15, -0.1) is 11.3 Å². The van der Waals surface area contributed by atoms with Crippen molar-refractivity contribution in [2.24, 2.45) is 23.2 Å². The van der Waals surface area contributed by atoms with E-state index in [9.17, 15) is 14.7 Å². The summed E-state index contributed by atoms with van der Waals surface area (Å²) in [6, 6.07) is 5.89. The molecule has 2 N–H and O–H groups in total. The van der Waals surface area contributed by atoms with Gasteiger partial charge in [0.2, 0.25) is 5.91 Å². The molecule has 4 unspecified atom stereocenters. The van der Waals surface area contributed by atoms with Gasteiger partial charge in [0, 0.05) is 29.3 Å². The number of fused-ring (bicyclic) bond motifs is 5. The molecule has 6 nitrogen and oxygen atoms in total. The predicted octanol–water partition coefficient (Wildman–Crippen LogP) is 6.76. The third-order valence-electron chi connectivity index (χ3n) is 9.38. The maximum atomic E-state index is 12.8. The Morgan fingerprint density at radius 2 is 2.11 bits per heavy atom. The average molecular weight is 525 g/mol. The van der Waals surface area contributed by atoms with Gasteiger partial charge in [0.25, 0.3) is 0 Å². The van der Waals surface area contributed by atoms with Crippen LogP contribution in [-0.2, 0) is 20.7 Å². The van der Waals surface area contributed by atoms with Crippen molar-refractivity contribution in [1.29, 1.82) is 0 Å². The minimum atomic E-state index is -0.0845. The van der Waals surface area contributed by atoms with Crippen molar-refractivity contribution < 1.29 is 19.4 Å². The van der Waals surface area contributed by atoms with Crippen LogP contribution < -0.4 is 5.32 Å². The number of ether oxygens (including phenoxy) is 1. The van der Waals surface area contributed by atoms with Gasteiger partial charge in [-0.05, 0) is 98.8 Å². The number of phenols is 1. The Morgan fingerprint density at radius 3 is 2.86 bits per heavy atom. The first-order valence-electron chi connectivity index (χ1n) is 14.0. The fourth-order valence-electron chi connectivity index (χ4n) is 7.73. The van der Waals surface area contributed by atoms with Crippen LogP contribution in [-0.4, -0.2) is 28.1 Å². The molecule has 200 valence electrons. The van der Waals surface area contributed by atoms with Gasteiger partial charge in [0.1, 0.15) is 11.9 Å². The molecule has 0 saturated heterocycles. The number of hydrogen-bond donors (Lipinski definition) is 2. The van der Waals surface area contributed by atoms with Crippen molar-refractivity contribution >= 4 is 28.3 Å². The summed E-state index contributed by atoms with van der Waals surface area (Å²) >= 11 is 1.50. The third-order valence-corrected chi connectivity index (χ3v) is 10.2. The Balaban J connectivity index is 1.36. The van der Waals surface area contributed by atoms with E-state index in [2.05, 4.69) is 30.2 Å². The minimum Gasteiger partial charge on any atom is -0.508 e. The zero-order chi connectivity index (χ0) is 26.2. The zero-order valence-corrected chi connectivity index (χ0v) is 23.1. The van der Waals surface area contributed by atoms with Crippen LogP contribution in [0.2, 0.25) is 0 Å². The molecule has 5 rings (SSSR count). The summed E-state index contributed by atoms with van der Waals surface area (Å²) in [4.78, 5) is 30.9. The van der Waals surface area contributed by atoms with Crippen molar-refractivity contribution in [3.05, 3.63) is 40.4 Å². The lowest BCUT2D eigenvalue weighted by molar-refractivity contribution is -0.157. The standard InChI is InChI=1S/C30H40N2O4S/c1-4-5-6-27(35)36-25-16-20(8-12-26(34)32-29-31-17-18(2)37-29)28-24-10-7-19-15-21(33)9-11-22(19)23(24)13-14-30(25,28)3/h9,11,15,17,20,23-25,28,33H,4-8,10,12-14,16H2,1-3H3,(H,31,32,34)/t20-,23?,24?,25?,28?,30-/m1/s1. The van der Waals surface area contributed by atoms with E-state index in [1.807, 2.05) is 19.1 Å². The number of esters is 1. The lowest BCUT2D eigenvalue weighted by atomic mass is 9.53. The number of carbonyl (C=O) groups is 2. The Bertz CT molecular complexity index is 1150. The van der Waals surface area contributed by atoms with E-state index in [0.29, 0.717) is 47.4 Å². The smallest absolute Gasteiger partial charge is 0.306 e. The van der Waals surface area contributed by atoms with Gasteiger partial charge in [0.15, 0.2) is 5.13 Å². The van der Waals surface area contributed by atoms with E-state index < -0.39 is 0 Å². The number of unbranched alkanes of at least 4 members (excludes halogenated alkanes) is 1. The van der Waals surface area contributed by atoms with Crippen LogP contribution in [0.1, 0.15) is 93.6 Å². The van der Waals surface area contributed by atoms with Crippen molar-refractivity contribution in [3.8, 4) is 5.75 Å². The van der Waals surface area contributed by atoms with Gasteiger partial charge in [-0.3, -0.25) is 9.59 Å². The second-order valence-electron chi connectivity index (χ2n) is 11.7. The molecule has 7 heteroatoms. The monoisotopic (exact) mass is 524 g/mol. The van der Waals surface area contributed by atoms with E-state index in [4.69, 9.17) is 4.74 Å². The Hall–Kier alpha value is -2.41. The summed E-state index contributed by atoms with van der Waals surface area (Å²) in [6.07, 6.45) is 10.3. The maximum Gasteiger partial charge on any atom is 0.306 e. The summed E-state index contributed by atoms with van der Waals surface area (Å²) in [5.41, 5.74) is 2.60. The number of benzene rings is 1. The molecule has 0 bridgehead atoms. The normalized spacial score (nSPS) is 30.2. The molecule has 1 amide bonds. The first-order chi connectivity index (χ1) is 17.8. The number of thiazole rings is 1. The summed E-state index contributed by atoms with van der Waals surface area (Å²) in [7, 11) is 0. The first kappa shape index (κ1) is 26.2. The molecule has 2 saturated carbocycles. The highest BCUT2D eigenvalue weighted by Crippen LogP contribution is 2.64. The number of phenolic OH excluding ortho intramolecular Hbond substituents is 1. The van der Waals surface area contributed by atoms with Gasteiger partial charge in [-0.1, -0.05) is 26.3 Å². The number of aromatic nitrogens is 1. The molecule has 3 aliphatic rings. The van der Waals surface area contributed by atoms with Gasteiger partial charge in [0.05, 0.1) is 0 Å². The molecule has 1 aromatic carbocycles. The van der Waals surface area contributed by atoms with E-state index in [0.717, 1.165) is 56.2 Å². The molecule has 0 aliphatic heterocycles. The van der Waals surface area contributed by atoms with Crippen LogP contribution >= 0.6 is 11.3 Å². The van der Waals surface area contributed by atoms with Crippen molar-refractivity contribution in [2.45, 2.75) is 97.0 Å². The average Bonchev–Trinajstić information content (AvgIpc) is 3.40. The van der Waals surface area contributed by atoms with E-state index in [1.54, 1.807) is 6.20 Å². The van der Waals surface area contributed by atoms with E-state index >= 15 is 0 Å². The molecule has 2 fully saturated rings. The van der Waals surface area contributed by atoms with Crippen LogP contribution in [0.25, 0.3) is 0 Å².